The standard InChI is InChI=1S/C15H21N5/c1-11-15(12(2)17-16-11)13-7-8-14(19-18-13)20-9-5-3-4-6-10-20/h7-8H,3-6,9-10H2,1-2H3,(H,16,17). The highest BCUT2D eigenvalue weighted by Crippen LogP contribution is 2.24. The van der Waals surface area contributed by atoms with Crippen LogP contribution in [-0.4, -0.2) is 33.5 Å². The second-order valence-corrected chi connectivity index (χ2v) is 5.49. The predicted molar refractivity (Wildman–Crippen MR) is 79.8 cm³/mol. The van der Waals surface area contributed by atoms with Gasteiger partial charge in [0, 0.05) is 24.3 Å². The second kappa shape index (κ2) is 5.61. The highest BCUT2D eigenvalue weighted by atomic mass is 15.3. The zero-order valence-electron chi connectivity index (χ0n) is 12.2. The number of rotatable bonds is 2. The fourth-order valence-electron chi connectivity index (χ4n) is 2.86. The lowest BCUT2D eigenvalue weighted by Crippen LogP contribution is -2.25. The smallest absolute Gasteiger partial charge is 0.151 e. The van der Waals surface area contributed by atoms with Crippen molar-refractivity contribution in [2.24, 2.45) is 0 Å². The number of aryl methyl sites for hydroxylation is 2. The van der Waals surface area contributed by atoms with Crippen molar-refractivity contribution >= 4 is 5.82 Å². The first-order valence-corrected chi connectivity index (χ1v) is 7.36. The zero-order valence-corrected chi connectivity index (χ0v) is 12.2. The van der Waals surface area contributed by atoms with Crippen molar-refractivity contribution in [3.8, 4) is 11.3 Å². The van der Waals surface area contributed by atoms with E-state index in [1.54, 1.807) is 0 Å². The molecule has 1 aliphatic heterocycles. The number of aromatic amines is 1. The molecule has 3 heterocycles. The first kappa shape index (κ1) is 13.1. The van der Waals surface area contributed by atoms with Crippen LogP contribution < -0.4 is 4.90 Å². The molecule has 1 saturated heterocycles. The lowest BCUT2D eigenvalue weighted by Gasteiger charge is -2.20. The zero-order chi connectivity index (χ0) is 13.9. The molecule has 5 nitrogen and oxygen atoms in total. The Morgan fingerprint density at radius 2 is 1.75 bits per heavy atom. The maximum atomic E-state index is 4.42. The first-order chi connectivity index (χ1) is 9.75. The van der Waals surface area contributed by atoms with E-state index in [4.69, 9.17) is 0 Å². The molecule has 1 N–H and O–H groups in total. The number of hydrogen-bond acceptors (Lipinski definition) is 4. The Balaban J connectivity index is 1.84. The van der Waals surface area contributed by atoms with Gasteiger partial charge in [0.15, 0.2) is 5.82 Å². The van der Waals surface area contributed by atoms with Gasteiger partial charge < -0.3 is 4.90 Å². The maximum Gasteiger partial charge on any atom is 0.151 e. The highest BCUT2D eigenvalue weighted by molar-refractivity contribution is 5.64. The van der Waals surface area contributed by atoms with E-state index in [9.17, 15) is 0 Å². The Kier molecular flexibility index (Phi) is 3.67. The number of hydrogen-bond donors (Lipinski definition) is 1. The van der Waals surface area contributed by atoms with Crippen LogP contribution >= 0.6 is 0 Å². The van der Waals surface area contributed by atoms with Gasteiger partial charge in [0.1, 0.15) is 0 Å². The molecule has 0 aliphatic carbocycles. The quantitative estimate of drug-likeness (QED) is 0.912. The van der Waals surface area contributed by atoms with Gasteiger partial charge >= 0.3 is 0 Å². The van der Waals surface area contributed by atoms with Crippen LogP contribution in [0.5, 0.6) is 0 Å². The molecule has 1 fully saturated rings. The molecular weight excluding hydrogens is 250 g/mol. The number of H-pyrrole nitrogens is 1. The normalized spacial score (nSPS) is 16.2. The lowest BCUT2D eigenvalue weighted by atomic mass is 10.1. The van der Waals surface area contributed by atoms with Crippen molar-refractivity contribution in [2.45, 2.75) is 39.5 Å². The van der Waals surface area contributed by atoms with Crippen LogP contribution in [-0.2, 0) is 0 Å². The first-order valence-electron chi connectivity index (χ1n) is 7.36. The average molecular weight is 271 g/mol. The monoisotopic (exact) mass is 271 g/mol. The van der Waals surface area contributed by atoms with Crippen LogP contribution in [0.4, 0.5) is 5.82 Å². The minimum atomic E-state index is 0.896. The molecule has 2 aromatic heterocycles. The molecule has 3 rings (SSSR count). The average Bonchev–Trinajstić information content (AvgIpc) is 2.70. The summed E-state index contributed by atoms with van der Waals surface area (Å²) >= 11 is 0. The summed E-state index contributed by atoms with van der Waals surface area (Å²) in [6.07, 6.45) is 5.16. The third-order valence-electron chi connectivity index (χ3n) is 3.96. The molecule has 0 saturated carbocycles. The largest absolute Gasteiger partial charge is 0.355 e. The van der Waals surface area contributed by atoms with E-state index in [0.29, 0.717) is 0 Å². The van der Waals surface area contributed by atoms with Crippen molar-refractivity contribution in [1.29, 1.82) is 0 Å². The van der Waals surface area contributed by atoms with Crippen LogP contribution in [0.1, 0.15) is 37.1 Å². The van der Waals surface area contributed by atoms with Crippen molar-refractivity contribution in [3.63, 3.8) is 0 Å². The van der Waals surface area contributed by atoms with Gasteiger partial charge in [0.25, 0.3) is 0 Å². The van der Waals surface area contributed by atoms with E-state index in [1.165, 1.54) is 25.7 Å². The van der Waals surface area contributed by atoms with Gasteiger partial charge in [-0.2, -0.15) is 5.10 Å². The van der Waals surface area contributed by atoms with Gasteiger partial charge in [-0.25, -0.2) is 0 Å². The molecule has 0 aromatic carbocycles. The molecule has 0 radical (unpaired) electrons. The maximum absolute atomic E-state index is 4.42. The molecule has 20 heavy (non-hydrogen) atoms. The summed E-state index contributed by atoms with van der Waals surface area (Å²) in [5, 5.41) is 16.0. The summed E-state index contributed by atoms with van der Waals surface area (Å²) in [6, 6.07) is 4.14. The Labute approximate surface area is 119 Å². The molecular formula is C15H21N5. The Morgan fingerprint density at radius 3 is 2.30 bits per heavy atom. The third kappa shape index (κ3) is 2.53. The van der Waals surface area contributed by atoms with Crippen LogP contribution in [0, 0.1) is 13.8 Å². The van der Waals surface area contributed by atoms with Crippen molar-refractivity contribution in [2.75, 3.05) is 18.0 Å². The van der Waals surface area contributed by atoms with E-state index in [2.05, 4.69) is 37.4 Å². The Morgan fingerprint density at radius 1 is 1.00 bits per heavy atom. The van der Waals surface area contributed by atoms with Crippen molar-refractivity contribution in [3.05, 3.63) is 23.5 Å². The number of nitrogens with zero attached hydrogens (tertiary/aromatic N) is 4. The molecule has 1 aliphatic rings. The van der Waals surface area contributed by atoms with Crippen LogP contribution in [0.3, 0.4) is 0 Å². The SMILES string of the molecule is Cc1n[nH]c(C)c1-c1ccc(N2CCCCCC2)nn1. The van der Waals surface area contributed by atoms with E-state index in [0.717, 1.165) is 41.6 Å². The fourth-order valence-corrected chi connectivity index (χ4v) is 2.86. The Bertz CT molecular complexity index is 545. The molecule has 106 valence electrons. The molecule has 0 bridgehead atoms. The molecule has 0 amide bonds. The molecule has 0 spiro atoms. The van der Waals surface area contributed by atoms with Gasteiger partial charge in [-0.05, 0) is 38.8 Å². The minimum Gasteiger partial charge on any atom is -0.355 e. The van der Waals surface area contributed by atoms with Crippen LogP contribution in [0.2, 0.25) is 0 Å². The molecule has 2 aromatic rings. The third-order valence-corrected chi connectivity index (χ3v) is 3.96. The van der Waals surface area contributed by atoms with E-state index >= 15 is 0 Å². The molecule has 0 atom stereocenters. The van der Waals surface area contributed by atoms with Crippen molar-refractivity contribution < 1.29 is 0 Å². The van der Waals surface area contributed by atoms with E-state index in [-0.39, 0.29) is 0 Å². The van der Waals surface area contributed by atoms with Gasteiger partial charge in [-0.15, -0.1) is 10.2 Å². The molecule has 5 heteroatoms. The van der Waals surface area contributed by atoms with E-state index in [1.807, 2.05) is 13.8 Å². The van der Waals surface area contributed by atoms with Gasteiger partial charge in [0.05, 0.1) is 11.4 Å². The van der Waals surface area contributed by atoms with Crippen molar-refractivity contribution in [1.82, 2.24) is 20.4 Å². The topological polar surface area (TPSA) is 57.7 Å². The second-order valence-electron chi connectivity index (χ2n) is 5.49. The Hall–Kier alpha value is -1.91. The van der Waals surface area contributed by atoms with Crippen LogP contribution in [0.15, 0.2) is 12.1 Å². The number of aromatic nitrogens is 4. The highest BCUT2D eigenvalue weighted by Gasteiger charge is 2.14. The number of nitrogens with one attached hydrogen (secondary N) is 1. The van der Waals surface area contributed by atoms with E-state index < -0.39 is 0 Å². The summed E-state index contributed by atoms with van der Waals surface area (Å²) in [4.78, 5) is 2.35. The summed E-state index contributed by atoms with van der Waals surface area (Å²) in [5.41, 5.74) is 3.98. The van der Waals surface area contributed by atoms with Gasteiger partial charge in [0.2, 0.25) is 0 Å². The van der Waals surface area contributed by atoms with Gasteiger partial charge in [-0.3, -0.25) is 5.10 Å². The minimum absolute atomic E-state index is 0.896. The van der Waals surface area contributed by atoms with Gasteiger partial charge in [-0.1, -0.05) is 12.8 Å². The summed E-state index contributed by atoms with van der Waals surface area (Å²) in [6.45, 7) is 6.19. The summed E-state index contributed by atoms with van der Waals surface area (Å²) in [5.74, 6) is 0.995. The lowest BCUT2D eigenvalue weighted by molar-refractivity contribution is 0.726. The number of anilines is 1. The fraction of sp³-hybridized carbons (Fsp3) is 0.533. The predicted octanol–water partition coefficient (Wildman–Crippen LogP) is 2.86. The molecule has 0 unspecified atom stereocenters. The van der Waals surface area contributed by atoms with Crippen LogP contribution in [0.25, 0.3) is 11.3 Å². The summed E-state index contributed by atoms with van der Waals surface area (Å²) in [7, 11) is 0. The summed E-state index contributed by atoms with van der Waals surface area (Å²) < 4.78 is 0.